The Balaban J connectivity index is 2.84. The molecule has 0 spiro atoms. The van der Waals surface area contributed by atoms with Gasteiger partial charge in [0, 0.05) is 13.7 Å². The molecule has 1 aliphatic heterocycles. The van der Waals surface area contributed by atoms with E-state index in [-0.39, 0.29) is 0 Å². The molecule has 0 aromatic rings. The van der Waals surface area contributed by atoms with E-state index in [1.807, 2.05) is 13.8 Å². The molecule has 0 aromatic carbocycles. The van der Waals surface area contributed by atoms with Crippen LogP contribution < -0.4 is 0 Å². The molecule has 4 heteroatoms. The molecule has 0 N–H and O–H groups in total. The van der Waals surface area contributed by atoms with Crippen molar-refractivity contribution in [3.05, 3.63) is 0 Å². The summed E-state index contributed by atoms with van der Waals surface area (Å²) in [5.74, 6) is -1.04. The zero-order chi connectivity index (χ0) is 12.1. The van der Waals surface area contributed by atoms with Crippen LogP contribution in [0.3, 0.4) is 0 Å². The maximum atomic E-state index is 5.80. The zero-order valence-electron chi connectivity index (χ0n) is 10.9. The fourth-order valence-corrected chi connectivity index (χ4v) is 2.01. The SMILES string of the molecule is CCCOC1(OCC)OCCCC1(C)OC. The third-order valence-corrected chi connectivity index (χ3v) is 3.02. The van der Waals surface area contributed by atoms with E-state index in [2.05, 4.69) is 6.92 Å². The number of rotatable bonds is 6. The van der Waals surface area contributed by atoms with Gasteiger partial charge in [0.05, 0.1) is 13.2 Å². The van der Waals surface area contributed by atoms with E-state index < -0.39 is 11.6 Å². The fourth-order valence-electron chi connectivity index (χ4n) is 2.01. The topological polar surface area (TPSA) is 36.9 Å². The summed E-state index contributed by atoms with van der Waals surface area (Å²) in [5, 5.41) is 0. The number of hydrogen-bond donors (Lipinski definition) is 0. The summed E-state index contributed by atoms with van der Waals surface area (Å²) in [6.07, 6.45) is 2.78. The minimum Gasteiger partial charge on any atom is -0.370 e. The van der Waals surface area contributed by atoms with Crippen molar-refractivity contribution in [1.82, 2.24) is 0 Å². The van der Waals surface area contributed by atoms with Crippen molar-refractivity contribution < 1.29 is 18.9 Å². The highest BCUT2D eigenvalue weighted by molar-refractivity contribution is 4.89. The Hall–Kier alpha value is -0.160. The van der Waals surface area contributed by atoms with Gasteiger partial charge in [0.2, 0.25) is 0 Å². The monoisotopic (exact) mass is 232 g/mol. The van der Waals surface area contributed by atoms with Gasteiger partial charge in [-0.3, -0.25) is 0 Å². The van der Waals surface area contributed by atoms with Crippen LogP contribution in [0.5, 0.6) is 0 Å². The van der Waals surface area contributed by atoms with E-state index in [0.717, 1.165) is 19.3 Å². The Bertz CT molecular complexity index is 205. The minimum absolute atomic E-state index is 0.531. The minimum atomic E-state index is -1.04. The summed E-state index contributed by atoms with van der Waals surface area (Å²) in [5.41, 5.74) is -0.531. The van der Waals surface area contributed by atoms with Crippen LogP contribution in [0.1, 0.15) is 40.0 Å². The summed E-state index contributed by atoms with van der Waals surface area (Å²) in [7, 11) is 1.68. The Morgan fingerprint density at radius 2 is 2.00 bits per heavy atom. The highest BCUT2D eigenvalue weighted by Crippen LogP contribution is 2.39. The van der Waals surface area contributed by atoms with E-state index in [1.54, 1.807) is 7.11 Å². The molecule has 0 saturated carbocycles. The molecule has 0 aromatic heterocycles. The lowest BCUT2D eigenvalue weighted by Gasteiger charge is -2.48. The van der Waals surface area contributed by atoms with Crippen molar-refractivity contribution >= 4 is 0 Å². The molecule has 1 heterocycles. The standard InChI is InChI=1S/C12H24O4/c1-5-9-15-12(14-6-2)11(3,13-4)8-7-10-16-12/h5-10H2,1-4H3. The second kappa shape index (κ2) is 5.96. The van der Waals surface area contributed by atoms with E-state index >= 15 is 0 Å². The van der Waals surface area contributed by atoms with E-state index in [9.17, 15) is 0 Å². The maximum Gasteiger partial charge on any atom is 0.313 e. The number of ether oxygens (including phenoxy) is 4. The van der Waals surface area contributed by atoms with Gasteiger partial charge < -0.3 is 18.9 Å². The summed E-state index contributed by atoms with van der Waals surface area (Å²) in [6.45, 7) is 7.79. The first-order valence-corrected chi connectivity index (χ1v) is 6.11. The molecule has 2 atom stereocenters. The van der Waals surface area contributed by atoms with E-state index in [1.165, 1.54) is 0 Å². The third kappa shape index (κ3) is 2.56. The first kappa shape index (κ1) is 13.9. The molecule has 0 radical (unpaired) electrons. The van der Waals surface area contributed by atoms with Gasteiger partial charge in [-0.15, -0.1) is 0 Å². The lowest BCUT2D eigenvalue weighted by atomic mass is 9.94. The quantitative estimate of drug-likeness (QED) is 0.659. The van der Waals surface area contributed by atoms with Crippen molar-refractivity contribution in [2.45, 2.75) is 51.6 Å². The fraction of sp³-hybridized carbons (Fsp3) is 1.00. The normalized spacial score (nSPS) is 35.2. The van der Waals surface area contributed by atoms with Crippen LogP contribution in [0.25, 0.3) is 0 Å². The molecular formula is C12H24O4. The molecule has 1 fully saturated rings. The maximum absolute atomic E-state index is 5.80. The zero-order valence-corrected chi connectivity index (χ0v) is 10.9. The molecule has 1 rings (SSSR count). The summed E-state index contributed by atoms with van der Waals surface area (Å²) >= 11 is 0. The van der Waals surface area contributed by atoms with Crippen molar-refractivity contribution in [2.75, 3.05) is 26.9 Å². The van der Waals surface area contributed by atoms with Crippen LogP contribution >= 0.6 is 0 Å². The highest BCUT2D eigenvalue weighted by atomic mass is 16.9. The van der Waals surface area contributed by atoms with Gasteiger partial charge in [-0.2, -0.15) is 0 Å². The van der Waals surface area contributed by atoms with Gasteiger partial charge in [-0.1, -0.05) is 6.92 Å². The Morgan fingerprint density at radius 3 is 2.56 bits per heavy atom. The van der Waals surface area contributed by atoms with Crippen LogP contribution in [0, 0.1) is 0 Å². The van der Waals surface area contributed by atoms with Crippen molar-refractivity contribution in [1.29, 1.82) is 0 Å². The van der Waals surface area contributed by atoms with Crippen molar-refractivity contribution in [3.8, 4) is 0 Å². The summed E-state index contributed by atoms with van der Waals surface area (Å²) in [6, 6.07) is 0. The van der Waals surface area contributed by atoms with Gasteiger partial charge in [-0.05, 0) is 33.1 Å². The molecular weight excluding hydrogens is 208 g/mol. The second-order valence-corrected chi connectivity index (χ2v) is 4.22. The Morgan fingerprint density at radius 1 is 1.25 bits per heavy atom. The second-order valence-electron chi connectivity index (χ2n) is 4.22. The molecule has 0 amide bonds. The van der Waals surface area contributed by atoms with Gasteiger partial charge in [0.1, 0.15) is 5.60 Å². The van der Waals surface area contributed by atoms with Gasteiger partial charge in [0.25, 0.3) is 0 Å². The summed E-state index contributed by atoms with van der Waals surface area (Å²) in [4.78, 5) is 0. The Labute approximate surface area is 98.2 Å². The molecule has 0 bridgehead atoms. The van der Waals surface area contributed by atoms with Gasteiger partial charge >= 0.3 is 5.97 Å². The van der Waals surface area contributed by atoms with Crippen LogP contribution in [0.4, 0.5) is 0 Å². The van der Waals surface area contributed by atoms with E-state index in [4.69, 9.17) is 18.9 Å². The first-order chi connectivity index (χ1) is 7.64. The van der Waals surface area contributed by atoms with Crippen molar-refractivity contribution in [3.63, 3.8) is 0 Å². The lowest BCUT2D eigenvalue weighted by Crippen LogP contribution is -2.61. The van der Waals surface area contributed by atoms with Crippen molar-refractivity contribution in [2.24, 2.45) is 0 Å². The molecule has 1 saturated heterocycles. The Kier molecular flexibility index (Phi) is 5.18. The van der Waals surface area contributed by atoms with Crippen LogP contribution in [0.15, 0.2) is 0 Å². The molecule has 96 valence electrons. The largest absolute Gasteiger partial charge is 0.370 e. The molecule has 0 aliphatic carbocycles. The molecule has 2 unspecified atom stereocenters. The van der Waals surface area contributed by atoms with E-state index in [0.29, 0.717) is 19.8 Å². The first-order valence-electron chi connectivity index (χ1n) is 6.11. The molecule has 16 heavy (non-hydrogen) atoms. The lowest BCUT2D eigenvalue weighted by molar-refractivity contribution is -0.452. The predicted molar refractivity (Wildman–Crippen MR) is 61.2 cm³/mol. The number of hydrogen-bond acceptors (Lipinski definition) is 4. The third-order valence-electron chi connectivity index (χ3n) is 3.02. The molecule has 1 aliphatic rings. The molecule has 4 nitrogen and oxygen atoms in total. The van der Waals surface area contributed by atoms with Gasteiger partial charge in [-0.25, -0.2) is 0 Å². The smallest absolute Gasteiger partial charge is 0.313 e. The van der Waals surface area contributed by atoms with Crippen LogP contribution in [-0.2, 0) is 18.9 Å². The average molecular weight is 232 g/mol. The van der Waals surface area contributed by atoms with Gasteiger partial charge in [0.15, 0.2) is 0 Å². The predicted octanol–water partition coefficient (Wildman–Crippen LogP) is 2.32. The summed E-state index contributed by atoms with van der Waals surface area (Å²) < 4.78 is 22.8. The average Bonchev–Trinajstić information content (AvgIpc) is 2.30. The van der Waals surface area contributed by atoms with Crippen LogP contribution in [-0.4, -0.2) is 38.5 Å². The van der Waals surface area contributed by atoms with Crippen LogP contribution in [0.2, 0.25) is 0 Å². The highest BCUT2D eigenvalue weighted by Gasteiger charge is 2.54. The number of methoxy groups -OCH3 is 1.